The van der Waals surface area contributed by atoms with Crippen molar-refractivity contribution in [2.45, 2.75) is 18.9 Å². The third-order valence-corrected chi connectivity index (χ3v) is 4.21. The second-order valence-corrected chi connectivity index (χ2v) is 6.24. The van der Waals surface area contributed by atoms with Crippen LogP contribution in [0.5, 0.6) is 0 Å². The molecule has 1 saturated heterocycles. The van der Waals surface area contributed by atoms with Gasteiger partial charge in [-0.1, -0.05) is 17.7 Å². The summed E-state index contributed by atoms with van der Waals surface area (Å²) in [4.78, 5) is 38.0. The summed E-state index contributed by atoms with van der Waals surface area (Å²) in [6.45, 7) is -0.00135. The highest BCUT2D eigenvalue weighted by Gasteiger charge is 2.36. The minimum Gasteiger partial charge on any atom is -0.459 e. The van der Waals surface area contributed by atoms with Crippen LogP contribution in [0.15, 0.2) is 47.1 Å². The lowest BCUT2D eigenvalue weighted by atomic mass is 10.2. The largest absolute Gasteiger partial charge is 0.459 e. The Kier molecular flexibility index (Phi) is 5.58. The molecule has 0 spiro atoms. The van der Waals surface area contributed by atoms with E-state index in [1.165, 1.54) is 11.2 Å². The standard InChI is InChI=1S/C18H17ClN2O5/c19-12-4-1-5-13(10-12)20-16(22)11-26-18(24)14-6-2-8-21(14)17(23)15-7-3-9-25-15/h1,3-5,7,9-10,14H,2,6,8,11H2,(H,20,22). The molecule has 8 heteroatoms. The van der Waals surface area contributed by atoms with Crippen molar-refractivity contribution in [2.75, 3.05) is 18.5 Å². The fraction of sp³-hybridized carbons (Fsp3) is 0.278. The van der Waals surface area contributed by atoms with Gasteiger partial charge >= 0.3 is 5.97 Å². The van der Waals surface area contributed by atoms with E-state index in [4.69, 9.17) is 20.8 Å². The van der Waals surface area contributed by atoms with Gasteiger partial charge in [-0.25, -0.2) is 4.79 Å². The first kappa shape index (κ1) is 18.0. The fourth-order valence-electron chi connectivity index (χ4n) is 2.79. The molecule has 0 radical (unpaired) electrons. The monoisotopic (exact) mass is 376 g/mol. The van der Waals surface area contributed by atoms with E-state index in [0.29, 0.717) is 30.1 Å². The Bertz CT molecular complexity index is 806. The smallest absolute Gasteiger partial charge is 0.329 e. The number of benzene rings is 1. The molecule has 0 aliphatic carbocycles. The van der Waals surface area contributed by atoms with Crippen LogP contribution >= 0.6 is 11.6 Å². The van der Waals surface area contributed by atoms with Crippen molar-refractivity contribution < 1.29 is 23.5 Å². The normalized spacial score (nSPS) is 16.3. The number of carbonyl (C=O) groups is 3. The highest BCUT2D eigenvalue weighted by atomic mass is 35.5. The van der Waals surface area contributed by atoms with Crippen LogP contribution in [0.25, 0.3) is 0 Å². The van der Waals surface area contributed by atoms with E-state index in [0.717, 1.165) is 0 Å². The van der Waals surface area contributed by atoms with Gasteiger partial charge in [-0.05, 0) is 43.2 Å². The van der Waals surface area contributed by atoms with E-state index in [2.05, 4.69) is 5.32 Å². The summed E-state index contributed by atoms with van der Waals surface area (Å²) in [5, 5.41) is 3.07. The van der Waals surface area contributed by atoms with Crippen LogP contribution in [0, 0.1) is 0 Å². The number of likely N-dealkylation sites (tertiary alicyclic amines) is 1. The summed E-state index contributed by atoms with van der Waals surface area (Å²) in [5.41, 5.74) is 0.508. The number of halogens is 1. The van der Waals surface area contributed by atoms with E-state index >= 15 is 0 Å². The molecule has 1 aromatic carbocycles. The van der Waals surface area contributed by atoms with E-state index in [1.54, 1.807) is 36.4 Å². The molecule has 1 fully saturated rings. The number of hydrogen-bond donors (Lipinski definition) is 1. The van der Waals surface area contributed by atoms with Gasteiger partial charge in [0.25, 0.3) is 11.8 Å². The minimum atomic E-state index is -0.716. The Hall–Kier alpha value is -2.80. The second-order valence-electron chi connectivity index (χ2n) is 5.80. The van der Waals surface area contributed by atoms with Gasteiger partial charge in [-0.15, -0.1) is 0 Å². The predicted molar refractivity (Wildman–Crippen MR) is 93.8 cm³/mol. The summed E-state index contributed by atoms with van der Waals surface area (Å²) >= 11 is 5.85. The lowest BCUT2D eigenvalue weighted by Gasteiger charge is -2.22. The number of anilines is 1. The number of rotatable bonds is 5. The summed E-state index contributed by atoms with van der Waals surface area (Å²) in [5.74, 6) is -1.28. The van der Waals surface area contributed by atoms with Gasteiger partial charge in [0, 0.05) is 17.3 Å². The lowest BCUT2D eigenvalue weighted by molar-refractivity contribution is -0.151. The number of furan rings is 1. The maximum Gasteiger partial charge on any atom is 0.329 e. The van der Waals surface area contributed by atoms with Crippen LogP contribution in [-0.2, 0) is 14.3 Å². The summed E-state index contributed by atoms with van der Waals surface area (Å²) in [7, 11) is 0. The molecule has 136 valence electrons. The molecule has 1 atom stereocenters. The van der Waals surface area contributed by atoms with E-state index in [1.807, 2.05) is 0 Å². The average Bonchev–Trinajstić information content (AvgIpc) is 3.30. The van der Waals surface area contributed by atoms with Crippen LogP contribution < -0.4 is 5.32 Å². The van der Waals surface area contributed by atoms with E-state index < -0.39 is 24.5 Å². The molecule has 1 aliphatic heterocycles. The van der Waals surface area contributed by atoms with Crippen molar-refractivity contribution in [1.29, 1.82) is 0 Å². The third-order valence-electron chi connectivity index (χ3n) is 3.97. The minimum absolute atomic E-state index is 0.170. The summed E-state index contributed by atoms with van der Waals surface area (Å²) in [6, 6.07) is 9.07. The van der Waals surface area contributed by atoms with Crippen molar-refractivity contribution in [3.63, 3.8) is 0 Å². The van der Waals surface area contributed by atoms with Crippen LogP contribution in [0.1, 0.15) is 23.4 Å². The third kappa shape index (κ3) is 4.23. The zero-order valence-electron chi connectivity index (χ0n) is 13.8. The number of nitrogens with one attached hydrogen (secondary N) is 1. The molecule has 1 unspecified atom stereocenters. The van der Waals surface area contributed by atoms with Crippen molar-refractivity contribution in [1.82, 2.24) is 4.90 Å². The van der Waals surface area contributed by atoms with Crippen molar-refractivity contribution in [2.24, 2.45) is 0 Å². The molecule has 2 heterocycles. The highest BCUT2D eigenvalue weighted by molar-refractivity contribution is 6.30. The Balaban J connectivity index is 1.54. The van der Waals surface area contributed by atoms with Crippen molar-refractivity contribution in [3.05, 3.63) is 53.4 Å². The molecule has 0 saturated carbocycles. The van der Waals surface area contributed by atoms with Crippen molar-refractivity contribution >= 4 is 35.1 Å². The first-order valence-electron chi connectivity index (χ1n) is 8.11. The lowest BCUT2D eigenvalue weighted by Crippen LogP contribution is -2.42. The van der Waals surface area contributed by atoms with Gasteiger partial charge in [0.05, 0.1) is 6.26 Å². The van der Waals surface area contributed by atoms with E-state index in [9.17, 15) is 14.4 Å². The van der Waals surface area contributed by atoms with Crippen LogP contribution in [0.2, 0.25) is 5.02 Å². The molecule has 1 aliphatic rings. The van der Waals surface area contributed by atoms with Gasteiger partial charge in [-0.2, -0.15) is 0 Å². The molecule has 3 rings (SSSR count). The van der Waals surface area contributed by atoms with Crippen LogP contribution in [0.3, 0.4) is 0 Å². The van der Waals surface area contributed by atoms with Gasteiger partial charge in [0.15, 0.2) is 12.4 Å². The van der Waals surface area contributed by atoms with Gasteiger partial charge in [0.1, 0.15) is 6.04 Å². The molecule has 1 aromatic heterocycles. The molecule has 1 N–H and O–H groups in total. The Morgan fingerprint density at radius 3 is 2.85 bits per heavy atom. The van der Waals surface area contributed by atoms with Crippen LogP contribution in [0.4, 0.5) is 5.69 Å². The number of esters is 1. The Labute approximate surface area is 154 Å². The maximum atomic E-state index is 12.4. The number of hydrogen-bond acceptors (Lipinski definition) is 5. The maximum absolute atomic E-state index is 12.4. The average molecular weight is 377 g/mol. The quantitative estimate of drug-likeness (QED) is 0.810. The summed E-state index contributed by atoms with van der Waals surface area (Å²) < 4.78 is 10.2. The molecule has 26 heavy (non-hydrogen) atoms. The Morgan fingerprint density at radius 2 is 2.12 bits per heavy atom. The molecule has 7 nitrogen and oxygen atoms in total. The van der Waals surface area contributed by atoms with Gasteiger partial charge < -0.3 is 19.4 Å². The molecule has 2 aromatic rings. The summed E-state index contributed by atoms with van der Waals surface area (Å²) in [6.07, 6.45) is 2.57. The number of ether oxygens (including phenoxy) is 1. The fourth-order valence-corrected chi connectivity index (χ4v) is 2.98. The molecule has 0 bridgehead atoms. The predicted octanol–water partition coefficient (Wildman–Crippen LogP) is 2.72. The first-order chi connectivity index (χ1) is 12.5. The Morgan fingerprint density at radius 1 is 1.27 bits per heavy atom. The second kappa shape index (κ2) is 8.05. The number of amides is 2. The molecule has 2 amide bonds. The number of carbonyl (C=O) groups excluding carboxylic acids is 3. The topological polar surface area (TPSA) is 88.9 Å². The molecular weight excluding hydrogens is 360 g/mol. The zero-order valence-corrected chi connectivity index (χ0v) is 14.6. The van der Waals surface area contributed by atoms with E-state index in [-0.39, 0.29) is 11.7 Å². The van der Waals surface area contributed by atoms with Crippen LogP contribution in [-0.4, -0.2) is 41.9 Å². The zero-order chi connectivity index (χ0) is 18.5. The number of nitrogens with zero attached hydrogens (tertiary/aromatic N) is 1. The van der Waals surface area contributed by atoms with Crippen molar-refractivity contribution in [3.8, 4) is 0 Å². The molecular formula is C18H17ClN2O5. The van der Waals surface area contributed by atoms with Gasteiger partial charge in [-0.3, -0.25) is 9.59 Å². The highest BCUT2D eigenvalue weighted by Crippen LogP contribution is 2.21. The SMILES string of the molecule is O=C(COC(=O)C1CCCN1C(=O)c1ccco1)Nc1cccc(Cl)c1. The van der Waals surface area contributed by atoms with Gasteiger partial charge in [0.2, 0.25) is 0 Å². The first-order valence-corrected chi connectivity index (χ1v) is 8.49.